The highest BCUT2D eigenvalue weighted by atomic mass is 16.6. The molecule has 0 saturated carbocycles. The van der Waals surface area contributed by atoms with Gasteiger partial charge in [0.2, 0.25) is 0 Å². The van der Waals surface area contributed by atoms with Gasteiger partial charge in [0.1, 0.15) is 17.9 Å². The number of nitrogens with two attached hydrogens (primary N) is 1. The van der Waals surface area contributed by atoms with Gasteiger partial charge in [-0.1, -0.05) is 24.8 Å². The molecule has 0 fully saturated rings. The summed E-state index contributed by atoms with van der Waals surface area (Å²) in [5.41, 5.74) is 11.9. The lowest BCUT2D eigenvalue weighted by Gasteiger charge is -2.13. The highest BCUT2D eigenvalue weighted by molar-refractivity contribution is 6.06. The molecule has 5 N–H and O–H groups in total. The second-order valence-electron chi connectivity index (χ2n) is 7.12. The normalized spacial score (nSPS) is 11.2. The average molecular weight is 397 g/mol. The first-order valence-electron chi connectivity index (χ1n) is 9.47. The number of hydrogen-bond donors (Lipinski definition) is 4. The Balaban J connectivity index is 1.96. The van der Waals surface area contributed by atoms with Crippen LogP contribution < -0.4 is 21.8 Å². The number of nitrogen functional groups attached to an aromatic ring is 1. The summed E-state index contributed by atoms with van der Waals surface area (Å²) in [5, 5.41) is 6.62. The minimum atomic E-state index is -0.211. The van der Waals surface area contributed by atoms with Crippen LogP contribution in [0.1, 0.15) is 26.6 Å². The number of carbonyl (C=O) groups excluding carboxylic acids is 1. The van der Waals surface area contributed by atoms with Crippen molar-refractivity contribution in [3.05, 3.63) is 42.4 Å². The zero-order valence-corrected chi connectivity index (χ0v) is 17.0. The number of aromatic nitrogens is 3. The van der Waals surface area contributed by atoms with Crippen molar-refractivity contribution in [3.63, 3.8) is 0 Å². The van der Waals surface area contributed by atoms with Crippen LogP contribution in [-0.2, 0) is 18.0 Å². The van der Waals surface area contributed by atoms with Crippen molar-refractivity contribution in [1.29, 1.82) is 0 Å². The zero-order valence-electron chi connectivity index (χ0n) is 17.0. The van der Waals surface area contributed by atoms with E-state index in [4.69, 9.17) is 10.6 Å². The van der Waals surface area contributed by atoms with Gasteiger partial charge >= 0.3 is 6.03 Å². The summed E-state index contributed by atoms with van der Waals surface area (Å²) in [4.78, 5) is 26.5. The fraction of sp³-hybridized carbons (Fsp3) is 0.350. The molecule has 9 heteroatoms. The number of hydrogen-bond acceptors (Lipinski definition) is 6. The van der Waals surface area contributed by atoms with Crippen molar-refractivity contribution in [1.82, 2.24) is 30.6 Å². The van der Waals surface area contributed by atoms with Gasteiger partial charge in [-0.3, -0.25) is 10.3 Å². The van der Waals surface area contributed by atoms with Gasteiger partial charge in [-0.15, -0.1) is 0 Å². The van der Waals surface area contributed by atoms with E-state index in [9.17, 15) is 4.79 Å². The molecular weight excluding hydrogens is 370 g/mol. The molecule has 0 aliphatic heterocycles. The number of anilines is 1. The van der Waals surface area contributed by atoms with Crippen LogP contribution in [0.3, 0.4) is 0 Å². The first kappa shape index (κ1) is 20.4. The molecule has 29 heavy (non-hydrogen) atoms. The van der Waals surface area contributed by atoms with E-state index in [1.54, 1.807) is 6.92 Å². The predicted molar refractivity (Wildman–Crippen MR) is 114 cm³/mol. The lowest BCUT2D eigenvalue weighted by atomic mass is 10.2. The molecule has 0 atom stereocenters. The third-order valence-corrected chi connectivity index (χ3v) is 4.18. The second-order valence-corrected chi connectivity index (χ2v) is 7.12. The van der Waals surface area contributed by atoms with E-state index in [2.05, 4.69) is 32.7 Å². The van der Waals surface area contributed by atoms with E-state index in [0.717, 1.165) is 16.4 Å². The number of nitrogens with one attached hydrogen (secondary N) is 3. The summed E-state index contributed by atoms with van der Waals surface area (Å²) < 4.78 is 2.01. The van der Waals surface area contributed by atoms with Crippen molar-refractivity contribution >= 4 is 33.8 Å². The number of benzene rings is 1. The number of allylic oxidation sites excluding steroid dienone is 1. The second kappa shape index (κ2) is 8.78. The maximum Gasteiger partial charge on any atom is 0.315 e. The van der Waals surface area contributed by atoms with E-state index in [-0.39, 0.29) is 18.7 Å². The van der Waals surface area contributed by atoms with Gasteiger partial charge < -0.3 is 20.9 Å². The predicted octanol–water partition coefficient (Wildman–Crippen LogP) is 2.43. The van der Waals surface area contributed by atoms with Crippen molar-refractivity contribution < 1.29 is 9.63 Å². The van der Waals surface area contributed by atoms with E-state index in [1.807, 2.05) is 42.7 Å². The topological polar surface area (TPSA) is 119 Å². The molecule has 0 aliphatic carbocycles. The van der Waals surface area contributed by atoms with Crippen molar-refractivity contribution in [2.45, 2.75) is 40.0 Å². The molecule has 2 amide bonds. The first-order valence-corrected chi connectivity index (χ1v) is 9.47. The number of imidazole rings is 1. The molecule has 1 aromatic carbocycles. The van der Waals surface area contributed by atoms with Gasteiger partial charge in [-0.05, 0) is 26.8 Å². The molecule has 2 aromatic heterocycles. The van der Waals surface area contributed by atoms with E-state index >= 15 is 0 Å². The highest BCUT2D eigenvalue weighted by Gasteiger charge is 2.17. The third kappa shape index (κ3) is 4.75. The number of urea groups is 1. The number of para-hydroxylation sites is 1. The Morgan fingerprint density at radius 3 is 2.79 bits per heavy atom. The maximum atomic E-state index is 11.9. The van der Waals surface area contributed by atoms with Crippen molar-refractivity contribution in [2.24, 2.45) is 0 Å². The number of rotatable bonds is 8. The van der Waals surface area contributed by atoms with Gasteiger partial charge in [-0.2, -0.15) is 0 Å². The minimum absolute atomic E-state index is 0.0658. The number of amides is 2. The lowest BCUT2D eigenvalue weighted by molar-refractivity contribution is 0.0439. The summed E-state index contributed by atoms with van der Waals surface area (Å²) in [6, 6.07) is 7.62. The number of fused-ring (bicyclic) bond motifs is 3. The Bertz CT molecular complexity index is 1040. The largest absolute Gasteiger partial charge is 0.382 e. The van der Waals surface area contributed by atoms with E-state index in [0.29, 0.717) is 35.9 Å². The summed E-state index contributed by atoms with van der Waals surface area (Å²) in [6.45, 7) is 10.5. The van der Waals surface area contributed by atoms with Crippen LogP contribution in [0.15, 0.2) is 36.5 Å². The molecule has 0 saturated heterocycles. The number of pyridine rings is 1. The lowest BCUT2D eigenvalue weighted by Crippen LogP contribution is -2.40. The molecule has 0 unspecified atom stereocenters. The minimum Gasteiger partial charge on any atom is -0.382 e. The van der Waals surface area contributed by atoms with Crippen molar-refractivity contribution in [2.75, 3.05) is 12.3 Å². The molecule has 9 nitrogen and oxygen atoms in total. The quantitative estimate of drug-likeness (QED) is 0.434. The highest BCUT2D eigenvalue weighted by Crippen LogP contribution is 2.28. The van der Waals surface area contributed by atoms with Crippen LogP contribution in [-0.4, -0.2) is 33.2 Å². The van der Waals surface area contributed by atoms with Gasteiger partial charge in [0.25, 0.3) is 0 Å². The Morgan fingerprint density at radius 1 is 1.31 bits per heavy atom. The fourth-order valence-electron chi connectivity index (χ4n) is 3.07. The smallest absolute Gasteiger partial charge is 0.315 e. The Hall–Kier alpha value is -3.33. The van der Waals surface area contributed by atoms with Crippen LogP contribution >= 0.6 is 0 Å². The first-order chi connectivity index (χ1) is 13.9. The van der Waals surface area contributed by atoms with Gasteiger partial charge in [0.15, 0.2) is 5.82 Å². The standard InChI is InChI=1S/C20H27N7O2/c1-12(2)23-20(28)22-9-10-27-16(11-29-26-13(3)4)25-17-18(27)14-7-5-6-8-15(14)24-19(17)21/h5-8,12,26H,3,9-11H2,1-2,4H3,(H2,21,24)(H2,22,23,28). The summed E-state index contributed by atoms with van der Waals surface area (Å²) in [5.74, 6) is 1.03. The number of nitrogens with zero attached hydrogens (tertiary/aromatic N) is 3. The van der Waals surface area contributed by atoms with Crippen LogP contribution in [0.4, 0.5) is 10.6 Å². The molecule has 154 valence electrons. The summed E-state index contributed by atoms with van der Waals surface area (Å²) >= 11 is 0. The Kier molecular flexibility index (Phi) is 6.18. The zero-order chi connectivity index (χ0) is 21.0. The molecule has 3 aromatic rings. The number of hydroxylamine groups is 1. The molecule has 0 radical (unpaired) electrons. The van der Waals surface area contributed by atoms with Crippen LogP contribution in [0.5, 0.6) is 0 Å². The van der Waals surface area contributed by atoms with Crippen LogP contribution in [0, 0.1) is 0 Å². The fourth-order valence-corrected chi connectivity index (χ4v) is 3.07. The Morgan fingerprint density at radius 2 is 2.07 bits per heavy atom. The van der Waals surface area contributed by atoms with Gasteiger partial charge in [0, 0.05) is 30.2 Å². The molecular formula is C20H27N7O2. The monoisotopic (exact) mass is 397 g/mol. The summed E-state index contributed by atoms with van der Waals surface area (Å²) in [7, 11) is 0. The Labute approximate surface area is 169 Å². The molecule has 0 aliphatic rings. The van der Waals surface area contributed by atoms with Crippen LogP contribution in [0.25, 0.3) is 21.9 Å². The number of carbonyl (C=O) groups is 1. The van der Waals surface area contributed by atoms with Gasteiger partial charge in [-0.25, -0.2) is 14.8 Å². The van der Waals surface area contributed by atoms with E-state index < -0.39 is 0 Å². The van der Waals surface area contributed by atoms with E-state index in [1.165, 1.54) is 0 Å². The SMILES string of the molecule is C=C(C)NOCc1nc2c(N)nc3ccccc3c2n1CCNC(=O)NC(C)C. The molecule has 3 rings (SSSR count). The average Bonchev–Trinajstić information content (AvgIpc) is 3.00. The molecule has 0 spiro atoms. The van der Waals surface area contributed by atoms with Gasteiger partial charge in [0.05, 0.1) is 11.0 Å². The maximum absolute atomic E-state index is 11.9. The van der Waals surface area contributed by atoms with Crippen LogP contribution in [0.2, 0.25) is 0 Å². The third-order valence-electron chi connectivity index (χ3n) is 4.18. The molecule has 0 bridgehead atoms. The molecule has 2 heterocycles. The van der Waals surface area contributed by atoms with Crippen molar-refractivity contribution in [3.8, 4) is 0 Å². The summed E-state index contributed by atoms with van der Waals surface area (Å²) in [6.07, 6.45) is 0.